The van der Waals surface area contributed by atoms with Crippen LogP contribution >= 0.6 is 11.6 Å². The van der Waals surface area contributed by atoms with Gasteiger partial charge in [-0.1, -0.05) is 23.7 Å². The van der Waals surface area contributed by atoms with E-state index < -0.39 is 0 Å². The normalized spacial score (nSPS) is 9.65. The Bertz CT molecular complexity index is 1070. The third kappa shape index (κ3) is 6.69. The molecule has 2 aromatic carbocycles. The number of nitrogens with zero attached hydrogens (tertiary/aromatic N) is 2. The van der Waals surface area contributed by atoms with Crippen LogP contribution in [-0.2, 0) is 11.4 Å². The zero-order valence-corrected chi connectivity index (χ0v) is 17.9. The molecule has 3 aromatic rings. The molecule has 0 spiro atoms. The van der Waals surface area contributed by atoms with Crippen molar-refractivity contribution < 1.29 is 9.53 Å². The third-order valence-corrected chi connectivity index (χ3v) is 4.59. The second-order valence-electron chi connectivity index (χ2n) is 6.21. The summed E-state index contributed by atoms with van der Waals surface area (Å²) < 4.78 is 5.98. The largest absolute Gasteiger partial charge is 0.488 e. The fourth-order valence-electron chi connectivity index (χ4n) is 2.75. The highest BCUT2D eigenvalue weighted by molar-refractivity contribution is 6.31. The lowest BCUT2D eigenvalue weighted by molar-refractivity contribution is -0.110. The molecule has 5 N–H and O–H groups in total. The predicted molar refractivity (Wildman–Crippen MR) is 121 cm³/mol. The number of carbonyl (C=O) groups is 1. The molecule has 31 heavy (non-hydrogen) atoms. The Hall–Kier alpha value is -3.64. The van der Waals surface area contributed by atoms with Gasteiger partial charge in [0.25, 0.3) is 0 Å². The van der Waals surface area contributed by atoms with Crippen LogP contribution in [0.1, 0.15) is 16.8 Å². The van der Waals surface area contributed by atoms with Gasteiger partial charge in [-0.15, -0.1) is 0 Å². The molecular weight excluding hydrogens is 416 g/mol. The summed E-state index contributed by atoms with van der Waals surface area (Å²) in [5, 5.41) is 12.8. The summed E-state index contributed by atoms with van der Waals surface area (Å²) in [6.45, 7) is 2.36. The second-order valence-corrected chi connectivity index (χ2v) is 6.62. The number of ether oxygens (including phenoxy) is 1. The van der Waals surface area contributed by atoms with Crippen molar-refractivity contribution in [2.75, 3.05) is 12.4 Å². The number of rotatable bonds is 7. The number of anilines is 1. The maximum Gasteiger partial charge on any atom is 0.222 e. The summed E-state index contributed by atoms with van der Waals surface area (Å²) in [6, 6.07) is 19.1. The van der Waals surface area contributed by atoms with Crippen LogP contribution in [0.15, 0.2) is 54.6 Å². The van der Waals surface area contributed by atoms with E-state index in [1.165, 1.54) is 0 Å². The molecule has 0 fully saturated rings. The predicted octanol–water partition coefficient (Wildman–Crippen LogP) is 3.31. The number of nitrogens with two attached hydrogens (primary N) is 1. The average molecular weight is 439 g/mol. The number of nitrogens with one attached hydrogen (secondary N) is 3. The van der Waals surface area contributed by atoms with Crippen molar-refractivity contribution in [3.05, 3.63) is 76.4 Å². The lowest BCUT2D eigenvalue weighted by atomic mass is 10.1. The molecule has 9 heteroatoms. The van der Waals surface area contributed by atoms with Crippen LogP contribution in [0.25, 0.3) is 11.3 Å². The number of pyridine rings is 1. The molecule has 1 aromatic heterocycles. The summed E-state index contributed by atoms with van der Waals surface area (Å²) >= 11 is 6.29. The van der Waals surface area contributed by atoms with Gasteiger partial charge < -0.3 is 10.1 Å². The van der Waals surface area contributed by atoms with Crippen LogP contribution < -0.4 is 26.9 Å². The minimum absolute atomic E-state index is 0.373. The second kappa shape index (κ2) is 12.1. The van der Waals surface area contributed by atoms with Crippen molar-refractivity contribution in [1.82, 2.24) is 15.9 Å². The summed E-state index contributed by atoms with van der Waals surface area (Å²) in [5.41, 5.74) is 8.83. The monoisotopic (exact) mass is 438 g/mol. The van der Waals surface area contributed by atoms with Gasteiger partial charge >= 0.3 is 0 Å². The van der Waals surface area contributed by atoms with E-state index >= 15 is 0 Å². The van der Waals surface area contributed by atoms with Gasteiger partial charge in [-0.25, -0.2) is 4.98 Å². The first-order valence-electron chi connectivity index (χ1n) is 9.25. The zero-order valence-electron chi connectivity index (χ0n) is 17.1. The topological polar surface area (TPSA) is 125 Å². The van der Waals surface area contributed by atoms with Gasteiger partial charge in [0.15, 0.2) is 0 Å². The number of carbonyl (C=O) groups excluding carboxylic acids is 1. The Labute approximate surface area is 185 Å². The molecule has 0 aliphatic rings. The van der Waals surface area contributed by atoms with Crippen LogP contribution in [-0.4, -0.2) is 18.4 Å². The minimum atomic E-state index is 0.373. The molecule has 0 atom stereocenters. The first kappa shape index (κ1) is 23.6. The van der Waals surface area contributed by atoms with Crippen molar-refractivity contribution in [2.45, 2.75) is 13.5 Å². The van der Waals surface area contributed by atoms with E-state index in [9.17, 15) is 0 Å². The Morgan fingerprint density at radius 3 is 2.61 bits per heavy atom. The molecule has 0 radical (unpaired) electrons. The highest BCUT2D eigenvalue weighted by Crippen LogP contribution is 2.29. The maximum atomic E-state index is 9.15. The average Bonchev–Trinajstić information content (AvgIpc) is 2.79. The van der Waals surface area contributed by atoms with E-state index in [1.54, 1.807) is 6.07 Å². The van der Waals surface area contributed by atoms with E-state index in [0.717, 1.165) is 33.8 Å². The maximum absolute atomic E-state index is 9.15. The van der Waals surface area contributed by atoms with Gasteiger partial charge in [0.05, 0.1) is 5.69 Å². The molecule has 0 aliphatic carbocycles. The highest BCUT2D eigenvalue weighted by Gasteiger charge is 2.09. The highest BCUT2D eigenvalue weighted by atomic mass is 35.5. The first-order chi connectivity index (χ1) is 15.0. The fraction of sp³-hybridized carbons (Fsp3) is 0.136. The molecule has 160 valence electrons. The number of benzene rings is 2. The lowest BCUT2D eigenvalue weighted by Crippen LogP contribution is -2.36. The Morgan fingerprint density at radius 2 is 2.00 bits per heavy atom. The number of hydrogen-bond acceptors (Lipinski definition) is 7. The van der Waals surface area contributed by atoms with Crippen molar-refractivity contribution in [3.8, 4) is 23.1 Å². The molecular formula is C22H23ClN6O2. The zero-order chi connectivity index (χ0) is 22.6. The molecule has 0 unspecified atom stereocenters. The van der Waals surface area contributed by atoms with E-state index in [1.807, 2.05) is 73.5 Å². The van der Waals surface area contributed by atoms with Crippen molar-refractivity contribution in [3.63, 3.8) is 0 Å². The molecule has 0 saturated heterocycles. The van der Waals surface area contributed by atoms with E-state index in [-0.39, 0.29) is 0 Å². The number of hydrazine groups is 2. The summed E-state index contributed by atoms with van der Waals surface area (Å²) in [4.78, 5) is 13.5. The van der Waals surface area contributed by atoms with Gasteiger partial charge in [0.1, 0.15) is 24.1 Å². The molecule has 3 rings (SSSR count). The van der Waals surface area contributed by atoms with E-state index in [2.05, 4.69) is 22.2 Å². The SMILES string of the molecule is CNc1cccc(Cl)c1COc1ccc(-c2cccc(C#N)n2)cc1C.NNNC=O. The van der Waals surface area contributed by atoms with Gasteiger partial charge in [-0.3, -0.25) is 16.1 Å². The molecule has 1 heterocycles. The quantitative estimate of drug-likeness (QED) is 0.253. The van der Waals surface area contributed by atoms with Crippen molar-refractivity contribution >= 4 is 23.7 Å². The molecule has 1 amide bonds. The number of hydrogen-bond donors (Lipinski definition) is 4. The van der Waals surface area contributed by atoms with Crippen molar-refractivity contribution in [2.24, 2.45) is 5.84 Å². The Morgan fingerprint density at radius 1 is 1.23 bits per heavy atom. The van der Waals surface area contributed by atoms with Crippen LogP contribution in [0.4, 0.5) is 5.69 Å². The van der Waals surface area contributed by atoms with Crippen LogP contribution in [0, 0.1) is 18.3 Å². The third-order valence-electron chi connectivity index (χ3n) is 4.24. The van der Waals surface area contributed by atoms with Gasteiger partial charge in [0, 0.05) is 28.9 Å². The number of aryl methyl sites for hydroxylation is 1. The molecule has 0 saturated carbocycles. The van der Waals surface area contributed by atoms with Crippen molar-refractivity contribution in [1.29, 1.82) is 5.26 Å². The number of nitriles is 1. The Balaban J connectivity index is 0.000000614. The first-order valence-corrected chi connectivity index (χ1v) is 9.62. The number of halogens is 1. The Kier molecular flexibility index (Phi) is 9.26. The molecule has 8 nitrogen and oxygen atoms in total. The summed E-state index contributed by atoms with van der Waals surface area (Å²) in [7, 11) is 1.86. The van der Waals surface area contributed by atoms with Crippen LogP contribution in [0.5, 0.6) is 5.75 Å². The summed E-state index contributed by atoms with van der Waals surface area (Å²) in [5.74, 6) is 5.33. The smallest absolute Gasteiger partial charge is 0.222 e. The fourth-order valence-corrected chi connectivity index (χ4v) is 2.98. The molecule has 0 bridgehead atoms. The van der Waals surface area contributed by atoms with Gasteiger partial charge in [0.2, 0.25) is 6.41 Å². The summed E-state index contributed by atoms with van der Waals surface area (Å²) in [6.07, 6.45) is 0.444. The lowest BCUT2D eigenvalue weighted by Gasteiger charge is -2.14. The standard InChI is InChI=1S/C21H18ClN3O.CH5N3O/c1-14-11-15(19-7-3-5-16(12-23)25-19)9-10-21(14)26-13-17-18(22)6-4-8-20(17)24-2;2-4-3-1-5/h3-11,24H,13H2,1-2H3;1,4H,2H2,(H,3,5). The van der Waals surface area contributed by atoms with E-state index in [4.69, 9.17) is 26.4 Å². The van der Waals surface area contributed by atoms with Gasteiger partial charge in [-0.2, -0.15) is 10.8 Å². The van der Waals surface area contributed by atoms with Gasteiger partial charge in [-0.05, 0) is 55.0 Å². The minimum Gasteiger partial charge on any atom is -0.488 e. The van der Waals surface area contributed by atoms with E-state index in [0.29, 0.717) is 23.7 Å². The number of aromatic nitrogens is 1. The molecule has 0 aliphatic heterocycles. The van der Waals surface area contributed by atoms with Crippen LogP contribution in [0.2, 0.25) is 5.02 Å². The number of amides is 1. The van der Waals surface area contributed by atoms with Crippen LogP contribution in [0.3, 0.4) is 0 Å².